The summed E-state index contributed by atoms with van der Waals surface area (Å²) >= 11 is 0. The molecule has 0 unspecified atom stereocenters. The van der Waals surface area contributed by atoms with Gasteiger partial charge in [-0.2, -0.15) is 9.49 Å². The number of aromatic nitrogens is 3. The summed E-state index contributed by atoms with van der Waals surface area (Å²) in [5, 5.41) is 10.3. The predicted molar refractivity (Wildman–Crippen MR) is 68.2 cm³/mol. The van der Waals surface area contributed by atoms with Gasteiger partial charge in [-0.05, 0) is 30.3 Å². The zero-order valence-corrected chi connectivity index (χ0v) is 9.72. The van der Waals surface area contributed by atoms with E-state index in [-0.39, 0.29) is 5.91 Å². The quantitative estimate of drug-likeness (QED) is 0.691. The molecule has 1 aromatic carbocycles. The summed E-state index contributed by atoms with van der Waals surface area (Å²) in [6.45, 7) is 0. The minimum atomic E-state index is -0.614. The normalized spacial score (nSPS) is 10.6. The molecule has 0 radical (unpaired) electrons. The Morgan fingerprint density at radius 3 is 2.89 bits per heavy atom. The average molecular weight is 256 g/mol. The molecular formula is C13H9FN4O. The van der Waals surface area contributed by atoms with Gasteiger partial charge in [0.2, 0.25) is 5.95 Å². The van der Waals surface area contributed by atoms with E-state index in [9.17, 15) is 9.18 Å². The van der Waals surface area contributed by atoms with Crippen molar-refractivity contribution in [3.8, 4) is 0 Å². The summed E-state index contributed by atoms with van der Waals surface area (Å²) in [4.78, 5) is 15.3. The summed E-state index contributed by atoms with van der Waals surface area (Å²) in [5.74, 6) is -0.952. The van der Waals surface area contributed by atoms with Gasteiger partial charge in [0.25, 0.3) is 5.91 Å². The number of carbonyl (C=O) groups excluding carboxylic acids is 1. The van der Waals surface area contributed by atoms with Crippen LogP contribution in [0.25, 0.3) is 10.9 Å². The lowest BCUT2D eigenvalue weighted by atomic mass is 10.2. The number of benzene rings is 1. The Hall–Kier alpha value is -2.76. The number of fused-ring (bicyclic) bond motifs is 1. The topological polar surface area (TPSA) is 70.7 Å². The number of nitrogens with one attached hydrogen (secondary N) is 2. The van der Waals surface area contributed by atoms with E-state index < -0.39 is 5.95 Å². The van der Waals surface area contributed by atoms with E-state index in [1.54, 1.807) is 18.3 Å². The molecule has 6 heteroatoms. The van der Waals surface area contributed by atoms with Crippen molar-refractivity contribution in [3.05, 3.63) is 54.2 Å². The summed E-state index contributed by atoms with van der Waals surface area (Å²) in [7, 11) is 0. The van der Waals surface area contributed by atoms with Gasteiger partial charge < -0.3 is 5.32 Å². The number of anilines is 1. The molecular weight excluding hydrogens is 247 g/mol. The van der Waals surface area contributed by atoms with Crippen LogP contribution in [0, 0.1) is 5.95 Å². The molecule has 0 fully saturated rings. The van der Waals surface area contributed by atoms with Crippen LogP contribution in [0.5, 0.6) is 0 Å². The van der Waals surface area contributed by atoms with Crippen molar-refractivity contribution in [2.75, 3.05) is 5.32 Å². The Kier molecular flexibility index (Phi) is 2.68. The number of H-pyrrole nitrogens is 1. The van der Waals surface area contributed by atoms with E-state index in [0.717, 1.165) is 17.0 Å². The number of nitrogens with zero attached hydrogens (tertiary/aromatic N) is 2. The lowest BCUT2D eigenvalue weighted by Gasteiger charge is -2.04. The average Bonchev–Trinajstić information content (AvgIpc) is 2.87. The molecule has 0 aliphatic rings. The molecule has 0 aliphatic carbocycles. The standard InChI is InChI=1S/C13H9FN4O/c14-12-4-1-8(6-15-12)13(19)17-10-2-3-11-9(5-10)7-16-18-11/h1-7H,(H,16,18)(H,17,19). The van der Waals surface area contributed by atoms with Crippen molar-refractivity contribution in [1.82, 2.24) is 15.2 Å². The number of amides is 1. The second-order valence-corrected chi connectivity index (χ2v) is 4.00. The molecule has 5 nitrogen and oxygen atoms in total. The fraction of sp³-hybridized carbons (Fsp3) is 0. The molecule has 2 N–H and O–H groups in total. The van der Waals surface area contributed by atoms with Crippen LogP contribution >= 0.6 is 0 Å². The Labute approximate surface area is 107 Å². The van der Waals surface area contributed by atoms with Crippen LogP contribution < -0.4 is 5.32 Å². The number of aromatic amines is 1. The Morgan fingerprint density at radius 1 is 1.21 bits per heavy atom. The van der Waals surface area contributed by atoms with Crippen molar-refractivity contribution in [2.24, 2.45) is 0 Å². The van der Waals surface area contributed by atoms with Crippen LogP contribution in [0.1, 0.15) is 10.4 Å². The molecule has 0 saturated heterocycles. The van der Waals surface area contributed by atoms with E-state index in [0.29, 0.717) is 11.3 Å². The molecule has 3 aromatic rings. The lowest BCUT2D eigenvalue weighted by molar-refractivity contribution is 0.102. The molecule has 0 atom stereocenters. The van der Waals surface area contributed by atoms with Crippen molar-refractivity contribution < 1.29 is 9.18 Å². The van der Waals surface area contributed by atoms with Gasteiger partial charge in [-0.1, -0.05) is 0 Å². The number of carbonyl (C=O) groups is 1. The predicted octanol–water partition coefficient (Wildman–Crippen LogP) is 2.35. The maximum absolute atomic E-state index is 12.7. The third-order valence-corrected chi connectivity index (χ3v) is 2.69. The highest BCUT2D eigenvalue weighted by molar-refractivity contribution is 6.04. The summed E-state index contributed by atoms with van der Waals surface area (Å²) < 4.78 is 12.7. The zero-order valence-electron chi connectivity index (χ0n) is 9.72. The minimum Gasteiger partial charge on any atom is -0.322 e. The molecule has 0 saturated carbocycles. The van der Waals surface area contributed by atoms with Gasteiger partial charge in [-0.15, -0.1) is 0 Å². The highest BCUT2D eigenvalue weighted by atomic mass is 19.1. The van der Waals surface area contributed by atoms with E-state index in [2.05, 4.69) is 20.5 Å². The van der Waals surface area contributed by atoms with Crippen molar-refractivity contribution in [1.29, 1.82) is 0 Å². The van der Waals surface area contributed by atoms with Gasteiger partial charge in [-0.25, -0.2) is 4.98 Å². The molecule has 0 spiro atoms. The summed E-state index contributed by atoms with van der Waals surface area (Å²) in [6, 6.07) is 7.91. The van der Waals surface area contributed by atoms with Crippen LogP contribution in [0.15, 0.2) is 42.7 Å². The fourth-order valence-corrected chi connectivity index (χ4v) is 1.73. The van der Waals surface area contributed by atoms with Crippen LogP contribution in [-0.2, 0) is 0 Å². The zero-order chi connectivity index (χ0) is 13.2. The number of hydrogen-bond acceptors (Lipinski definition) is 3. The number of hydrogen-bond donors (Lipinski definition) is 2. The monoisotopic (exact) mass is 256 g/mol. The van der Waals surface area contributed by atoms with E-state index in [1.807, 2.05) is 6.07 Å². The van der Waals surface area contributed by atoms with Crippen molar-refractivity contribution in [2.45, 2.75) is 0 Å². The third kappa shape index (κ3) is 2.28. The smallest absolute Gasteiger partial charge is 0.257 e. The summed E-state index contributed by atoms with van der Waals surface area (Å²) in [5.41, 5.74) is 1.83. The first kappa shape index (κ1) is 11.3. The largest absolute Gasteiger partial charge is 0.322 e. The SMILES string of the molecule is O=C(Nc1ccc2[nH]ncc2c1)c1ccc(F)nc1. The van der Waals surface area contributed by atoms with E-state index in [4.69, 9.17) is 0 Å². The van der Waals surface area contributed by atoms with Gasteiger partial charge in [0, 0.05) is 17.3 Å². The Bertz CT molecular complexity index is 736. The highest BCUT2D eigenvalue weighted by Crippen LogP contribution is 2.17. The van der Waals surface area contributed by atoms with E-state index in [1.165, 1.54) is 12.3 Å². The number of pyridine rings is 1. The third-order valence-electron chi connectivity index (χ3n) is 2.69. The second kappa shape index (κ2) is 4.49. The van der Waals surface area contributed by atoms with Crippen LogP contribution in [0.4, 0.5) is 10.1 Å². The lowest BCUT2D eigenvalue weighted by Crippen LogP contribution is -2.12. The maximum Gasteiger partial charge on any atom is 0.257 e. The maximum atomic E-state index is 12.7. The van der Waals surface area contributed by atoms with Crippen molar-refractivity contribution in [3.63, 3.8) is 0 Å². The summed E-state index contributed by atoms with van der Waals surface area (Å²) in [6.07, 6.45) is 2.87. The molecule has 19 heavy (non-hydrogen) atoms. The van der Waals surface area contributed by atoms with Gasteiger partial charge in [-0.3, -0.25) is 9.89 Å². The Balaban J connectivity index is 1.83. The highest BCUT2D eigenvalue weighted by Gasteiger charge is 2.07. The van der Waals surface area contributed by atoms with Gasteiger partial charge in [0.15, 0.2) is 0 Å². The van der Waals surface area contributed by atoms with Crippen LogP contribution in [-0.4, -0.2) is 21.1 Å². The first-order chi connectivity index (χ1) is 9.22. The van der Waals surface area contributed by atoms with Gasteiger partial charge in [0.1, 0.15) is 0 Å². The van der Waals surface area contributed by atoms with Crippen molar-refractivity contribution >= 4 is 22.5 Å². The van der Waals surface area contributed by atoms with E-state index >= 15 is 0 Å². The first-order valence-corrected chi connectivity index (χ1v) is 5.58. The van der Waals surface area contributed by atoms with Crippen LogP contribution in [0.2, 0.25) is 0 Å². The molecule has 0 aliphatic heterocycles. The fourth-order valence-electron chi connectivity index (χ4n) is 1.73. The van der Waals surface area contributed by atoms with Crippen LogP contribution in [0.3, 0.4) is 0 Å². The molecule has 0 bridgehead atoms. The minimum absolute atomic E-state index is 0.300. The molecule has 2 heterocycles. The molecule has 2 aromatic heterocycles. The number of halogens is 1. The molecule has 94 valence electrons. The first-order valence-electron chi connectivity index (χ1n) is 5.58. The second-order valence-electron chi connectivity index (χ2n) is 4.00. The number of rotatable bonds is 2. The molecule has 3 rings (SSSR count). The molecule has 1 amide bonds. The Morgan fingerprint density at radius 2 is 2.11 bits per heavy atom. The van der Waals surface area contributed by atoms with Gasteiger partial charge in [0.05, 0.1) is 17.3 Å². The van der Waals surface area contributed by atoms with Gasteiger partial charge >= 0.3 is 0 Å².